The van der Waals surface area contributed by atoms with Crippen molar-refractivity contribution in [1.29, 1.82) is 0 Å². The zero-order chi connectivity index (χ0) is 21.7. The van der Waals surface area contributed by atoms with Gasteiger partial charge in [-0.25, -0.2) is 0 Å². The standard InChI is InChI=1S/C23H26BrClN2O3/c1-3-27(4-2)21(28)19-10-9-18(15-20(19)25)26-22(29)23(11-13-30-14-12-23)16-5-7-17(24)8-6-16/h5-10,15H,3-4,11-14H2,1-2H3,(H,26,29). The molecule has 2 aromatic carbocycles. The van der Waals surface area contributed by atoms with Crippen LogP contribution in [0.25, 0.3) is 0 Å². The summed E-state index contributed by atoms with van der Waals surface area (Å²) in [5.41, 5.74) is 1.31. The van der Waals surface area contributed by atoms with Crippen LogP contribution in [0.15, 0.2) is 46.9 Å². The van der Waals surface area contributed by atoms with E-state index < -0.39 is 5.41 Å². The van der Waals surface area contributed by atoms with E-state index in [-0.39, 0.29) is 11.8 Å². The summed E-state index contributed by atoms with van der Waals surface area (Å²) in [5, 5.41) is 3.34. The molecule has 160 valence electrons. The van der Waals surface area contributed by atoms with Crippen LogP contribution < -0.4 is 5.32 Å². The number of hydrogen-bond acceptors (Lipinski definition) is 3. The Labute approximate surface area is 190 Å². The lowest BCUT2D eigenvalue weighted by Crippen LogP contribution is -2.44. The highest BCUT2D eigenvalue weighted by Crippen LogP contribution is 2.37. The third kappa shape index (κ3) is 4.71. The van der Waals surface area contributed by atoms with Gasteiger partial charge in [0.1, 0.15) is 0 Å². The lowest BCUT2D eigenvalue weighted by Gasteiger charge is -2.36. The van der Waals surface area contributed by atoms with Gasteiger partial charge < -0.3 is 15.0 Å². The summed E-state index contributed by atoms with van der Waals surface area (Å²) >= 11 is 9.85. The molecule has 0 unspecified atom stereocenters. The minimum Gasteiger partial charge on any atom is -0.381 e. The van der Waals surface area contributed by atoms with Gasteiger partial charge in [0, 0.05) is 36.5 Å². The van der Waals surface area contributed by atoms with Gasteiger partial charge in [0.15, 0.2) is 0 Å². The molecule has 5 nitrogen and oxygen atoms in total. The van der Waals surface area contributed by atoms with Gasteiger partial charge >= 0.3 is 0 Å². The Balaban J connectivity index is 1.85. The molecule has 1 aliphatic rings. The molecular weight excluding hydrogens is 468 g/mol. The van der Waals surface area contributed by atoms with E-state index in [4.69, 9.17) is 16.3 Å². The molecule has 1 fully saturated rings. The molecule has 1 N–H and O–H groups in total. The minimum atomic E-state index is -0.666. The molecule has 1 heterocycles. The van der Waals surface area contributed by atoms with Crippen LogP contribution >= 0.6 is 27.5 Å². The van der Waals surface area contributed by atoms with Crippen molar-refractivity contribution in [2.45, 2.75) is 32.1 Å². The van der Waals surface area contributed by atoms with Gasteiger partial charge in [-0.15, -0.1) is 0 Å². The molecule has 3 rings (SSSR count). The fourth-order valence-corrected chi connectivity index (χ4v) is 4.36. The first kappa shape index (κ1) is 22.8. The summed E-state index contributed by atoms with van der Waals surface area (Å²) in [6.07, 6.45) is 1.21. The Kier molecular flexibility index (Phi) is 7.55. The Hall–Kier alpha value is -1.89. The molecule has 0 saturated carbocycles. The predicted octanol–water partition coefficient (Wildman–Crippen LogP) is 5.27. The second-order valence-corrected chi connectivity index (χ2v) is 8.65. The second-order valence-electron chi connectivity index (χ2n) is 7.33. The molecule has 0 aromatic heterocycles. The van der Waals surface area contributed by atoms with Crippen LogP contribution in [0.2, 0.25) is 5.02 Å². The topological polar surface area (TPSA) is 58.6 Å². The number of amides is 2. The SMILES string of the molecule is CCN(CC)C(=O)c1ccc(NC(=O)C2(c3ccc(Br)cc3)CCOCC2)cc1Cl. The van der Waals surface area contributed by atoms with Crippen molar-refractivity contribution in [3.8, 4) is 0 Å². The molecule has 0 spiro atoms. The average molecular weight is 494 g/mol. The monoisotopic (exact) mass is 492 g/mol. The van der Waals surface area contributed by atoms with E-state index in [0.717, 1.165) is 10.0 Å². The quantitative estimate of drug-likeness (QED) is 0.596. The van der Waals surface area contributed by atoms with Crippen molar-refractivity contribution in [3.63, 3.8) is 0 Å². The van der Waals surface area contributed by atoms with Crippen LogP contribution in [0.3, 0.4) is 0 Å². The van der Waals surface area contributed by atoms with Gasteiger partial charge in [0.05, 0.1) is 16.0 Å². The summed E-state index contributed by atoms with van der Waals surface area (Å²) in [5.74, 6) is -0.203. The van der Waals surface area contributed by atoms with Crippen molar-refractivity contribution in [1.82, 2.24) is 4.90 Å². The average Bonchev–Trinajstić information content (AvgIpc) is 2.75. The Morgan fingerprint density at radius 3 is 2.30 bits per heavy atom. The number of anilines is 1. The number of nitrogens with zero attached hydrogens (tertiary/aromatic N) is 1. The molecule has 2 aromatic rings. The first-order chi connectivity index (χ1) is 14.4. The number of carbonyl (C=O) groups is 2. The molecule has 0 radical (unpaired) electrons. The maximum absolute atomic E-state index is 13.4. The lowest BCUT2D eigenvalue weighted by molar-refractivity contribution is -0.125. The van der Waals surface area contributed by atoms with Crippen molar-refractivity contribution >= 4 is 45.0 Å². The van der Waals surface area contributed by atoms with Crippen LogP contribution in [0.1, 0.15) is 42.6 Å². The van der Waals surface area contributed by atoms with E-state index in [0.29, 0.717) is 55.4 Å². The van der Waals surface area contributed by atoms with Gasteiger partial charge in [-0.3, -0.25) is 9.59 Å². The van der Waals surface area contributed by atoms with E-state index in [1.165, 1.54) is 0 Å². The minimum absolute atomic E-state index is 0.0907. The zero-order valence-electron chi connectivity index (χ0n) is 17.2. The van der Waals surface area contributed by atoms with Crippen molar-refractivity contribution < 1.29 is 14.3 Å². The number of nitrogens with one attached hydrogen (secondary N) is 1. The van der Waals surface area contributed by atoms with E-state index in [2.05, 4.69) is 21.2 Å². The number of benzene rings is 2. The van der Waals surface area contributed by atoms with E-state index in [1.807, 2.05) is 38.1 Å². The van der Waals surface area contributed by atoms with Crippen LogP contribution in [-0.2, 0) is 14.9 Å². The van der Waals surface area contributed by atoms with E-state index >= 15 is 0 Å². The first-order valence-electron chi connectivity index (χ1n) is 10.2. The summed E-state index contributed by atoms with van der Waals surface area (Å²) in [7, 11) is 0. The number of carbonyl (C=O) groups excluding carboxylic acids is 2. The molecule has 2 amide bonds. The maximum Gasteiger partial charge on any atom is 0.255 e. The summed E-state index contributed by atoms with van der Waals surface area (Å²) in [6, 6.07) is 12.9. The van der Waals surface area contributed by atoms with Crippen LogP contribution in [0.5, 0.6) is 0 Å². The highest BCUT2D eigenvalue weighted by atomic mass is 79.9. The smallest absolute Gasteiger partial charge is 0.255 e. The highest BCUT2D eigenvalue weighted by Gasteiger charge is 2.41. The molecule has 7 heteroatoms. The van der Waals surface area contributed by atoms with Crippen molar-refractivity contribution in [2.24, 2.45) is 0 Å². The van der Waals surface area contributed by atoms with E-state index in [9.17, 15) is 9.59 Å². The fourth-order valence-electron chi connectivity index (χ4n) is 3.83. The predicted molar refractivity (Wildman–Crippen MR) is 123 cm³/mol. The summed E-state index contributed by atoms with van der Waals surface area (Å²) < 4.78 is 6.49. The number of halogens is 2. The molecular formula is C23H26BrClN2O3. The number of hydrogen-bond donors (Lipinski definition) is 1. The number of rotatable bonds is 6. The Morgan fingerprint density at radius 1 is 1.10 bits per heavy atom. The van der Waals surface area contributed by atoms with Crippen molar-refractivity contribution in [2.75, 3.05) is 31.6 Å². The molecule has 0 atom stereocenters. The fraction of sp³-hybridized carbons (Fsp3) is 0.391. The third-order valence-corrected chi connectivity index (χ3v) is 6.53. The van der Waals surface area contributed by atoms with Gasteiger partial charge in [0.2, 0.25) is 5.91 Å². The lowest BCUT2D eigenvalue weighted by atomic mass is 9.73. The Morgan fingerprint density at radius 2 is 1.73 bits per heavy atom. The molecule has 0 aliphatic carbocycles. The van der Waals surface area contributed by atoms with Gasteiger partial charge in [0.25, 0.3) is 5.91 Å². The Bertz CT molecular complexity index is 907. The normalized spacial score (nSPS) is 15.5. The third-order valence-electron chi connectivity index (χ3n) is 5.69. The highest BCUT2D eigenvalue weighted by molar-refractivity contribution is 9.10. The van der Waals surface area contributed by atoms with Gasteiger partial charge in [-0.2, -0.15) is 0 Å². The van der Waals surface area contributed by atoms with Crippen LogP contribution in [-0.4, -0.2) is 43.0 Å². The van der Waals surface area contributed by atoms with Gasteiger partial charge in [-0.05, 0) is 62.6 Å². The second kappa shape index (κ2) is 9.94. The summed E-state index contributed by atoms with van der Waals surface area (Å²) in [6.45, 7) is 6.14. The zero-order valence-corrected chi connectivity index (χ0v) is 19.6. The van der Waals surface area contributed by atoms with E-state index in [1.54, 1.807) is 23.1 Å². The molecule has 30 heavy (non-hydrogen) atoms. The first-order valence-corrected chi connectivity index (χ1v) is 11.3. The molecule has 1 saturated heterocycles. The van der Waals surface area contributed by atoms with Gasteiger partial charge in [-0.1, -0.05) is 39.7 Å². The number of ether oxygens (including phenoxy) is 1. The van der Waals surface area contributed by atoms with Crippen molar-refractivity contribution in [3.05, 3.63) is 63.1 Å². The largest absolute Gasteiger partial charge is 0.381 e. The maximum atomic E-state index is 13.4. The summed E-state index contributed by atoms with van der Waals surface area (Å²) in [4.78, 5) is 27.7. The van der Waals surface area contributed by atoms with Crippen LogP contribution in [0, 0.1) is 0 Å². The van der Waals surface area contributed by atoms with Crippen LogP contribution in [0.4, 0.5) is 5.69 Å². The molecule has 1 aliphatic heterocycles. The molecule has 0 bridgehead atoms.